The molecule has 25 heavy (non-hydrogen) atoms. The van der Waals surface area contributed by atoms with Gasteiger partial charge in [-0.3, -0.25) is 10.1 Å². The number of fused-ring (bicyclic) bond motifs is 1. The summed E-state index contributed by atoms with van der Waals surface area (Å²) in [5, 5.41) is 18.5. The van der Waals surface area contributed by atoms with Gasteiger partial charge in [0.05, 0.1) is 12.6 Å². The van der Waals surface area contributed by atoms with Gasteiger partial charge in [-0.1, -0.05) is 24.9 Å². The molecule has 0 aromatic carbocycles. The molecule has 0 saturated heterocycles. The average Bonchev–Trinajstić information content (AvgIpc) is 3.21. The maximum Gasteiger partial charge on any atom is 0.242 e. The van der Waals surface area contributed by atoms with Crippen LogP contribution in [0.3, 0.4) is 0 Å². The summed E-state index contributed by atoms with van der Waals surface area (Å²) >= 11 is 0. The van der Waals surface area contributed by atoms with Crippen molar-refractivity contribution in [3.63, 3.8) is 0 Å². The van der Waals surface area contributed by atoms with Crippen LogP contribution in [-0.2, 0) is 24.3 Å². The first-order chi connectivity index (χ1) is 12.2. The molecule has 0 unspecified atom stereocenters. The molecule has 3 heterocycles. The molecule has 1 atom stereocenters. The van der Waals surface area contributed by atoms with Crippen molar-refractivity contribution < 1.29 is 9.32 Å². The fourth-order valence-corrected chi connectivity index (χ4v) is 3.09. The Morgan fingerprint density at radius 1 is 1.40 bits per heavy atom. The average molecular weight is 346 g/mol. The van der Waals surface area contributed by atoms with E-state index >= 15 is 0 Å². The van der Waals surface area contributed by atoms with Gasteiger partial charge in [0.1, 0.15) is 17.4 Å². The summed E-state index contributed by atoms with van der Waals surface area (Å²) in [7, 11) is 0. The van der Waals surface area contributed by atoms with E-state index < -0.39 is 0 Å². The van der Waals surface area contributed by atoms with Crippen LogP contribution in [0.4, 0.5) is 5.82 Å². The van der Waals surface area contributed by atoms with Gasteiger partial charge in [-0.05, 0) is 26.2 Å². The minimum Gasteiger partial charge on any atom is -0.360 e. The number of carbonyl (C=O) groups is 1. The molecule has 8 heteroatoms. The first-order valence-electron chi connectivity index (χ1n) is 9.06. The van der Waals surface area contributed by atoms with Gasteiger partial charge in [-0.2, -0.15) is 0 Å². The van der Waals surface area contributed by atoms with Gasteiger partial charge in [-0.25, -0.2) is 0 Å². The van der Waals surface area contributed by atoms with E-state index in [0.717, 1.165) is 50.3 Å². The lowest BCUT2D eigenvalue weighted by Gasteiger charge is -2.19. The second-order valence-electron chi connectivity index (χ2n) is 6.53. The van der Waals surface area contributed by atoms with Gasteiger partial charge in [0.25, 0.3) is 0 Å². The number of hydrogen-bond donors (Lipinski definition) is 2. The predicted molar refractivity (Wildman–Crippen MR) is 93.0 cm³/mol. The highest BCUT2D eigenvalue weighted by atomic mass is 16.5. The molecule has 136 valence electrons. The minimum atomic E-state index is -0.298. The zero-order chi connectivity index (χ0) is 17.6. The topological polar surface area (TPSA) is 97.9 Å². The summed E-state index contributed by atoms with van der Waals surface area (Å²) in [4.78, 5) is 12.6. The quantitative estimate of drug-likeness (QED) is 0.760. The Morgan fingerprint density at radius 3 is 3.04 bits per heavy atom. The molecule has 2 aromatic rings. The van der Waals surface area contributed by atoms with Crippen molar-refractivity contribution in [3.05, 3.63) is 23.5 Å². The number of carbonyl (C=O) groups excluding carboxylic acids is 1. The zero-order valence-corrected chi connectivity index (χ0v) is 14.9. The summed E-state index contributed by atoms with van der Waals surface area (Å²) in [5.74, 6) is 2.98. The predicted octanol–water partition coefficient (Wildman–Crippen LogP) is 2.20. The summed E-state index contributed by atoms with van der Waals surface area (Å²) in [6, 6.07) is 1.41. The molecule has 0 aliphatic carbocycles. The van der Waals surface area contributed by atoms with E-state index in [1.165, 1.54) is 6.42 Å². The third-order valence-corrected chi connectivity index (χ3v) is 4.48. The minimum absolute atomic E-state index is 0.0971. The van der Waals surface area contributed by atoms with Crippen molar-refractivity contribution in [2.24, 2.45) is 0 Å². The Balaban J connectivity index is 1.62. The van der Waals surface area contributed by atoms with Crippen molar-refractivity contribution >= 4 is 11.7 Å². The smallest absolute Gasteiger partial charge is 0.242 e. The van der Waals surface area contributed by atoms with E-state index in [1.807, 2.05) is 0 Å². The fourth-order valence-electron chi connectivity index (χ4n) is 3.09. The second-order valence-corrected chi connectivity index (χ2v) is 6.53. The normalized spacial score (nSPS) is 15.0. The summed E-state index contributed by atoms with van der Waals surface area (Å²) in [5.41, 5.74) is 0. The highest BCUT2D eigenvalue weighted by Crippen LogP contribution is 2.15. The van der Waals surface area contributed by atoms with Gasteiger partial charge < -0.3 is 14.4 Å². The van der Waals surface area contributed by atoms with E-state index in [1.54, 1.807) is 13.0 Å². The van der Waals surface area contributed by atoms with E-state index in [2.05, 4.69) is 37.5 Å². The van der Waals surface area contributed by atoms with Gasteiger partial charge in [0.15, 0.2) is 5.82 Å². The molecule has 8 nitrogen and oxygen atoms in total. The fraction of sp³-hybridized carbons (Fsp3) is 0.647. The number of nitrogens with one attached hydrogen (secondary N) is 2. The van der Waals surface area contributed by atoms with E-state index in [-0.39, 0.29) is 11.9 Å². The van der Waals surface area contributed by atoms with E-state index in [9.17, 15) is 4.79 Å². The molecule has 2 aromatic heterocycles. The highest BCUT2D eigenvalue weighted by molar-refractivity contribution is 5.93. The molecule has 0 bridgehead atoms. The Labute approximate surface area is 147 Å². The maximum atomic E-state index is 12.6. The Hall–Kier alpha value is -2.22. The van der Waals surface area contributed by atoms with Crippen molar-refractivity contribution in [1.29, 1.82) is 0 Å². The SMILES string of the molecule is CCCC[C@@H](NCc1nnc2n1CCCC2)C(=O)Nc1cc(C)on1. The van der Waals surface area contributed by atoms with Crippen LogP contribution in [-0.4, -0.2) is 31.9 Å². The van der Waals surface area contributed by atoms with Crippen molar-refractivity contribution in [3.8, 4) is 0 Å². The lowest BCUT2D eigenvalue weighted by atomic mass is 10.1. The monoisotopic (exact) mass is 346 g/mol. The van der Waals surface area contributed by atoms with Crippen LogP contribution in [0.5, 0.6) is 0 Å². The molecule has 3 rings (SSSR count). The summed E-state index contributed by atoms with van der Waals surface area (Å²) < 4.78 is 7.17. The van der Waals surface area contributed by atoms with E-state index in [0.29, 0.717) is 18.1 Å². The number of amides is 1. The number of hydrogen-bond acceptors (Lipinski definition) is 6. The molecule has 2 N–H and O–H groups in total. The number of unbranched alkanes of at least 4 members (excludes halogenated alkanes) is 1. The van der Waals surface area contributed by atoms with Crippen LogP contribution in [0.2, 0.25) is 0 Å². The first kappa shape index (κ1) is 17.6. The Kier molecular flexibility index (Phi) is 5.80. The molecular formula is C17H26N6O2. The molecule has 1 amide bonds. The van der Waals surface area contributed by atoms with E-state index in [4.69, 9.17) is 4.52 Å². The first-order valence-corrected chi connectivity index (χ1v) is 9.06. The van der Waals surface area contributed by atoms with Gasteiger partial charge in [0, 0.05) is 19.0 Å². The van der Waals surface area contributed by atoms with Gasteiger partial charge in [-0.15, -0.1) is 10.2 Å². The zero-order valence-electron chi connectivity index (χ0n) is 14.9. The van der Waals surface area contributed by atoms with Gasteiger partial charge >= 0.3 is 0 Å². The molecule has 0 fully saturated rings. The van der Waals surface area contributed by atoms with Crippen LogP contribution < -0.4 is 10.6 Å². The lowest BCUT2D eigenvalue weighted by Crippen LogP contribution is -2.40. The van der Waals surface area contributed by atoms with Crippen molar-refractivity contribution in [2.75, 3.05) is 5.32 Å². The number of nitrogens with zero attached hydrogens (tertiary/aromatic N) is 4. The summed E-state index contributed by atoms with van der Waals surface area (Å²) in [6.45, 7) is 5.41. The largest absolute Gasteiger partial charge is 0.360 e. The van der Waals surface area contributed by atoms with Crippen LogP contribution in [0.15, 0.2) is 10.6 Å². The molecule has 1 aliphatic heterocycles. The molecule has 0 saturated carbocycles. The van der Waals surface area contributed by atoms with Crippen LogP contribution in [0, 0.1) is 6.92 Å². The summed E-state index contributed by atoms with van der Waals surface area (Å²) in [6.07, 6.45) is 6.08. The standard InChI is InChI=1S/C17H26N6O2/c1-3-4-7-13(17(24)19-14-10-12(2)25-22-14)18-11-16-21-20-15-8-5-6-9-23(15)16/h10,13,18H,3-9,11H2,1-2H3,(H,19,22,24)/t13-/m1/s1. The van der Waals surface area contributed by atoms with Crippen LogP contribution >= 0.6 is 0 Å². The second kappa shape index (κ2) is 8.24. The van der Waals surface area contributed by atoms with Crippen LogP contribution in [0.25, 0.3) is 0 Å². The molecule has 1 aliphatic rings. The number of anilines is 1. The third-order valence-electron chi connectivity index (χ3n) is 4.48. The van der Waals surface area contributed by atoms with Crippen LogP contribution in [0.1, 0.15) is 56.4 Å². The number of aromatic nitrogens is 4. The Bertz CT molecular complexity index is 708. The van der Waals surface area contributed by atoms with Crippen molar-refractivity contribution in [1.82, 2.24) is 25.2 Å². The highest BCUT2D eigenvalue weighted by Gasteiger charge is 2.21. The maximum absolute atomic E-state index is 12.6. The lowest BCUT2D eigenvalue weighted by molar-refractivity contribution is -0.118. The molecule has 0 radical (unpaired) electrons. The van der Waals surface area contributed by atoms with Gasteiger partial charge in [0.2, 0.25) is 5.91 Å². The molecular weight excluding hydrogens is 320 g/mol. The molecule has 0 spiro atoms. The van der Waals surface area contributed by atoms with Crippen molar-refractivity contribution in [2.45, 2.75) is 71.5 Å². The number of rotatable bonds is 8. The number of aryl methyl sites for hydroxylation is 2. The third kappa shape index (κ3) is 4.45. The Morgan fingerprint density at radius 2 is 2.28 bits per heavy atom.